The smallest absolute Gasteiger partial charge is 0.0736 e. The molecule has 0 saturated heterocycles. The SMILES string of the molecule is CCN(CC)C(C)(CN)C(C)OC. The van der Waals surface area contributed by atoms with Crippen LogP contribution in [0.3, 0.4) is 0 Å². The standard InChI is InChI=1S/C10H24N2O/c1-6-12(7-2)10(4,8-11)9(3)13-5/h9H,6-8,11H2,1-5H3. The molecule has 2 unspecified atom stereocenters. The Balaban J connectivity index is 4.57. The van der Waals surface area contributed by atoms with E-state index in [9.17, 15) is 0 Å². The monoisotopic (exact) mass is 188 g/mol. The largest absolute Gasteiger partial charge is 0.380 e. The first-order valence-corrected chi connectivity index (χ1v) is 5.04. The van der Waals surface area contributed by atoms with E-state index in [1.165, 1.54) is 0 Å². The van der Waals surface area contributed by atoms with Gasteiger partial charge in [0.15, 0.2) is 0 Å². The third-order valence-electron chi connectivity index (χ3n) is 3.13. The number of hydrogen-bond acceptors (Lipinski definition) is 3. The van der Waals surface area contributed by atoms with E-state index in [1.807, 2.05) is 0 Å². The van der Waals surface area contributed by atoms with Crippen molar-refractivity contribution in [1.82, 2.24) is 4.90 Å². The molecule has 0 fully saturated rings. The normalized spacial score (nSPS) is 18.7. The third kappa shape index (κ3) is 2.66. The second-order valence-corrected chi connectivity index (χ2v) is 3.61. The maximum Gasteiger partial charge on any atom is 0.0736 e. The van der Waals surface area contributed by atoms with E-state index in [0.29, 0.717) is 6.54 Å². The lowest BCUT2D eigenvalue weighted by molar-refractivity contribution is -0.0268. The third-order valence-corrected chi connectivity index (χ3v) is 3.13. The van der Waals surface area contributed by atoms with E-state index in [1.54, 1.807) is 7.11 Å². The van der Waals surface area contributed by atoms with E-state index in [4.69, 9.17) is 10.5 Å². The van der Waals surface area contributed by atoms with Gasteiger partial charge in [0.2, 0.25) is 0 Å². The molecule has 0 aliphatic heterocycles. The molecule has 0 saturated carbocycles. The quantitative estimate of drug-likeness (QED) is 0.678. The fourth-order valence-corrected chi connectivity index (χ4v) is 1.75. The van der Waals surface area contributed by atoms with Crippen LogP contribution in [0, 0.1) is 0 Å². The van der Waals surface area contributed by atoms with Gasteiger partial charge in [-0.1, -0.05) is 13.8 Å². The average Bonchev–Trinajstić information content (AvgIpc) is 2.17. The van der Waals surface area contributed by atoms with Crippen LogP contribution in [0.2, 0.25) is 0 Å². The highest BCUT2D eigenvalue weighted by atomic mass is 16.5. The Bertz CT molecular complexity index is 137. The molecule has 13 heavy (non-hydrogen) atoms. The topological polar surface area (TPSA) is 38.5 Å². The molecule has 0 rings (SSSR count). The molecule has 3 nitrogen and oxygen atoms in total. The van der Waals surface area contributed by atoms with Crippen LogP contribution in [0.15, 0.2) is 0 Å². The second-order valence-electron chi connectivity index (χ2n) is 3.61. The van der Waals surface area contributed by atoms with Gasteiger partial charge in [0.1, 0.15) is 0 Å². The Morgan fingerprint density at radius 1 is 1.38 bits per heavy atom. The highest BCUT2D eigenvalue weighted by Gasteiger charge is 2.34. The van der Waals surface area contributed by atoms with Gasteiger partial charge in [-0.05, 0) is 26.9 Å². The van der Waals surface area contributed by atoms with Crippen molar-refractivity contribution in [3.8, 4) is 0 Å². The van der Waals surface area contributed by atoms with Gasteiger partial charge in [0.25, 0.3) is 0 Å². The Morgan fingerprint density at radius 2 is 1.85 bits per heavy atom. The molecule has 2 N–H and O–H groups in total. The molecule has 2 atom stereocenters. The fourth-order valence-electron chi connectivity index (χ4n) is 1.75. The van der Waals surface area contributed by atoms with Gasteiger partial charge in [0, 0.05) is 13.7 Å². The highest BCUT2D eigenvalue weighted by molar-refractivity contribution is 4.92. The minimum absolute atomic E-state index is 0.0434. The maximum atomic E-state index is 5.81. The molecule has 0 spiro atoms. The lowest BCUT2D eigenvalue weighted by Crippen LogP contribution is -2.58. The number of nitrogens with zero attached hydrogens (tertiary/aromatic N) is 1. The van der Waals surface area contributed by atoms with Gasteiger partial charge < -0.3 is 10.5 Å². The summed E-state index contributed by atoms with van der Waals surface area (Å²) in [6.07, 6.45) is 0.164. The number of nitrogens with two attached hydrogens (primary N) is 1. The van der Waals surface area contributed by atoms with Crippen LogP contribution in [0.25, 0.3) is 0 Å². The Labute approximate surface area is 82.2 Å². The molecule has 80 valence electrons. The summed E-state index contributed by atoms with van der Waals surface area (Å²) >= 11 is 0. The summed E-state index contributed by atoms with van der Waals surface area (Å²) in [6, 6.07) is 0. The number of rotatable bonds is 6. The molecular weight excluding hydrogens is 164 g/mol. The zero-order valence-electron chi connectivity index (χ0n) is 9.63. The van der Waals surface area contributed by atoms with Crippen molar-refractivity contribution < 1.29 is 4.74 Å². The Morgan fingerprint density at radius 3 is 2.08 bits per heavy atom. The summed E-state index contributed by atoms with van der Waals surface area (Å²) in [5.41, 5.74) is 5.77. The molecule has 0 bridgehead atoms. The van der Waals surface area contributed by atoms with Crippen molar-refractivity contribution in [3.05, 3.63) is 0 Å². The van der Waals surface area contributed by atoms with Gasteiger partial charge in [-0.15, -0.1) is 0 Å². The number of methoxy groups -OCH3 is 1. The predicted molar refractivity (Wildman–Crippen MR) is 56.9 cm³/mol. The second kappa shape index (κ2) is 5.58. The molecule has 0 aliphatic carbocycles. The van der Waals surface area contributed by atoms with Crippen LogP contribution in [-0.4, -0.2) is 43.3 Å². The summed E-state index contributed by atoms with van der Waals surface area (Å²) in [6.45, 7) is 11.2. The van der Waals surface area contributed by atoms with E-state index in [2.05, 4.69) is 32.6 Å². The molecule has 0 aliphatic rings. The van der Waals surface area contributed by atoms with Crippen LogP contribution >= 0.6 is 0 Å². The van der Waals surface area contributed by atoms with Crippen LogP contribution in [-0.2, 0) is 4.74 Å². The van der Waals surface area contributed by atoms with Crippen LogP contribution in [0.1, 0.15) is 27.7 Å². The van der Waals surface area contributed by atoms with Gasteiger partial charge in [0.05, 0.1) is 11.6 Å². The highest BCUT2D eigenvalue weighted by Crippen LogP contribution is 2.19. The average molecular weight is 188 g/mol. The van der Waals surface area contributed by atoms with E-state index in [-0.39, 0.29) is 11.6 Å². The lowest BCUT2D eigenvalue weighted by Gasteiger charge is -2.43. The van der Waals surface area contributed by atoms with Crippen molar-refractivity contribution in [2.24, 2.45) is 5.73 Å². The summed E-state index contributed by atoms with van der Waals surface area (Å²) in [4.78, 5) is 2.35. The van der Waals surface area contributed by atoms with Crippen LogP contribution in [0.4, 0.5) is 0 Å². The van der Waals surface area contributed by atoms with E-state index < -0.39 is 0 Å². The van der Waals surface area contributed by atoms with Gasteiger partial charge in [-0.3, -0.25) is 4.90 Å². The molecule has 0 aromatic heterocycles. The zero-order chi connectivity index (χ0) is 10.5. The minimum Gasteiger partial charge on any atom is -0.380 e. The first-order chi connectivity index (χ1) is 6.06. The summed E-state index contributed by atoms with van der Waals surface area (Å²) in [5, 5.41) is 0. The summed E-state index contributed by atoms with van der Waals surface area (Å²) < 4.78 is 5.37. The van der Waals surface area contributed by atoms with Gasteiger partial charge in [-0.2, -0.15) is 0 Å². The molecular formula is C10H24N2O. The molecule has 0 heterocycles. The predicted octanol–water partition coefficient (Wildman–Crippen LogP) is 1.08. The summed E-state index contributed by atoms with van der Waals surface area (Å²) in [5.74, 6) is 0. The van der Waals surface area contributed by atoms with E-state index in [0.717, 1.165) is 13.1 Å². The molecule has 0 radical (unpaired) electrons. The molecule has 0 aromatic carbocycles. The number of likely N-dealkylation sites (N-methyl/N-ethyl adjacent to an activating group) is 1. The molecule has 3 heteroatoms. The van der Waals surface area contributed by atoms with Gasteiger partial charge in [-0.25, -0.2) is 0 Å². The van der Waals surface area contributed by atoms with Crippen molar-refractivity contribution in [3.63, 3.8) is 0 Å². The van der Waals surface area contributed by atoms with Crippen LogP contribution < -0.4 is 5.73 Å². The molecule has 0 aromatic rings. The lowest BCUT2D eigenvalue weighted by atomic mass is 9.93. The first kappa shape index (κ1) is 12.9. The van der Waals surface area contributed by atoms with Crippen molar-refractivity contribution in [1.29, 1.82) is 0 Å². The minimum atomic E-state index is -0.0434. The number of ether oxygens (including phenoxy) is 1. The van der Waals surface area contributed by atoms with Crippen molar-refractivity contribution >= 4 is 0 Å². The molecule has 0 amide bonds. The fraction of sp³-hybridized carbons (Fsp3) is 1.00. The Hall–Kier alpha value is -0.120. The van der Waals surface area contributed by atoms with Crippen molar-refractivity contribution in [2.75, 3.05) is 26.7 Å². The number of hydrogen-bond donors (Lipinski definition) is 1. The van der Waals surface area contributed by atoms with E-state index >= 15 is 0 Å². The Kier molecular flexibility index (Phi) is 5.53. The first-order valence-electron chi connectivity index (χ1n) is 5.04. The van der Waals surface area contributed by atoms with Crippen molar-refractivity contribution in [2.45, 2.75) is 39.3 Å². The summed E-state index contributed by atoms with van der Waals surface area (Å²) in [7, 11) is 1.74. The maximum absolute atomic E-state index is 5.81. The zero-order valence-corrected chi connectivity index (χ0v) is 9.63. The van der Waals surface area contributed by atoms with Gasteiger partial charge >= 0.3 is 0 Å². The van der Waals surface area contributed by atoms with Crippen LogP contribution in [0.5, 0.6) is 0 Å².